The van der Waals surface area contributed by atoms with Crippen LogP contribution in [0.5, 0.6) is 0 Å². The van der Waals surface area contributed by atoms with Crippen LogP contribution in [0.3, 0.4) is 0 Å². The normalized spacial score (nSPS) is 11.1. The van der Waals surface area contributed by atoms with Crippen LogP contribution in [0.1, 0.15) is 32.9 Å². The van der Waals surface area contributed by atoms with Crippen LogP contribution in [0.2, 0.25) is 0 Å². The number of aromatic nitrogens is 4. The third kappa shape index (κ3) is 3.72. The first-order chi connectivity index (χ1) is 10.1. The lowest BCUT2D eigenvalue weighted by Crippen LogP contribution is -2.10. The van der Waals surface area contributed by atoms with E-state index in [0.717, 1.165) is 46.0 Å². The second kappa shape index (κ2) is 7.20. The Morgan fingerprint density at radius 3 is 2.71 bits per heavy atom. The monoisotopic (exact) mass is 399 g/mol. The molecule has 0 aliphatic carbocycles. The van der Waals surface area contributed by atoms with Gasteiger partial charge in [-0.2, -0.15) is 5.10 Å². The predicted molar refractivity (Wildman–Crippen MR) is 94.3 cm³/mol. The molecular weight excluding hydrogens is 377 g/mol. The largest absolute Gasteiger partial charge is 0.372 e. The summed E-state index contributed by atoms with van der Waals surface area (Å²) in [5, 5.41) is 7.54. The van der Waals surface area contributed by atoms with Gasteiger partial charge in [-0.25, -0.2) is 9.97 Å². The Kier molecular flexibility index (Phi) is 5.55. The zero-order chi connectivity index (χ0) is 15.4. The maximum absolute atomic E-state index is 4.79. The van der Waals surface area contributed by atoms with E-state index in [1.165, 1.54) is 0 Å². The van der Waals surface area contributed by atoms with Crippen LogP contribution >= 0.6 is 22.6 Å². The Balaban J connectivity index is 2.50. The molecule has 1 N–H and O–H groups in total. The van der Waals surface area contributed by atoms with E-state index in [-0.39, 0.29) is 0 Å². The summed E-state index contributed by atoms with van der Waals surface area (Å²) in [4.78, 5) is 9.44. The number of rotatable bonds is 6. The van der Waals surface area contributed by atoms with Crippen molar-refractivity contribution in [1.82, 2.24) is 19.7 Å². The van der Waals surface area contributed by atoms with Crippen LogP contribution < -0.4 is 5.32 Å². The lowest BCUT2D eigenvalue weighted by atomic mass is 10.1. The van der Waals surface area contributed by atoms with E-state index in [9.17, 15) is 0 Å². The Bertz CT molecular complexity index is 606. The molecule has 0 amide bonds. The third-order valence-corrected chi connectivity index (χ3v) is 4.27. The van der Waals surface area contributed by atoms with Gasteiger partial charge in [0.05, 0.1) is 9.26 Å². The molecule has 6 heteroatoms. The summed E-state index contributed by atoms with van der Waals surface area (Å²) < 4.78 is 3.08. The molecule has 0 bridgehead atoms. The molecule has 0 unspecified atom stereocenters. The maximum atomic E-state index is 4.79. The van der Waals surface area contributed by atoms with Gasteiger partial charge in [0.25, 0.3) is 0 Å². The van der Waals surface area contributed by atoms with E-state index in [4.69, 9.17) is 4.98 Å². The molecule has 21 heavy (non-hydrogen) atoms. The summed E-state index contributed by atoms with van der Waals surface area (Å²) in [7, 11) is 1.90. The highest BCUT2D eigenvalue weighted by atomic mass is 127. The van der Waals surface area contributed by atoms with Crippen molar-refractivity contribution in [2.24, 2.45) is 5.92 Å². The van der Waals surface area contributed by atoms with Crippen molar-refractivity contribution in [3.8, 4) is 11.5 Å². The molecular formula is C15H22IN5. The van der Waals surface area contributed by atoms with Crippen LogP contribution in [-0.2, 0) is 13.0 Å². The average molecular weight is 399 g/mol. The van der Waals surface area contributed by atoms with Gasteiger partial charge in [0.1, 0.15) is 11.5 Å². The number of anilines is 1. The number of nitrogens with zero attached hydrogens (tertiary/aromatic N) is 4. The van der Waals surface area contributed by atoms with Gasteiger partial charge in [0.15, 0.2) is 5.82 Å². The summed E-state index contributed by atoms with van der Waals surface area (Å²) in [6.07, 6.45) is 3.80. The molecule has 0 aliphatic rings. The minimum absolute atomic E-state index is 0.562. The zero-order valence-electron chi connectivity index (χ0n) is 13.0. The average Bonchev–Trinajstić information content (AvgIpc) is 2.89. The predicted octanol–water partition coefficient (Wildman–Crippen LogP) is 3.59. The molecule has 0 saturated heterocycles. The van der Waals surface area contributed by atoms with E-state index in [1.807, 2.05) is 24.0 Å². The topological polar surface area (TPSA) is 55.6 Å². The van der Waals surface area contributed by atoms with E-state index in [0.29, 0.717) is 5.92 Å². The van der Waals surface area contributed by atoms with Crippen LogP contribution in [0.15, 0.2) is 12.3 Å². The number of nitrogens with one attached hydrogen (secondary N) is 1. The number of hydrogen-bond acceptors (Lipinski definition) is 4. The molecule has 2 aromatic heterocycles. The number of hydrogen-bond donors (Lipinski definition) is 1. The van der Waals surface area contributed by atoms with Crippen molar-refractivity contribution in [2.45, 2.75) is 40.2 Å². The highest BCUT2D eigenvalue weighted by Gasteiger charge is 2.16. The molecule has 2 aromatic rings. The SMILES string of the molecule is CCCn1nccc1-c1nc(CC(C)C)c(I)c(NC)n1. The van der Waals surface area contributed by atoms with Crippen LogP contribution in [0.25, 0.3) is 11.5 Å². The van der Waals surface area contributed by atoms with Crippen LogP contribution in [-0.4, -0.2) is 26.8 Å². The second-order valence-corrected chi connectivity index (χ2v) is 6.52. The summed E-state index contributed by atoms with van der Waals surface area (Å²) in [5.74, 6) is 2.20. The lowest BCUT2D eigenvalue weighted by molar-refractivity contribution is 0.604. The van der Waals surface area contributed by atoms with Crippen LogP contribution in [0.4, 0.5) is 5.82 Å². The standard InChI is InChI=1S/C15H22IN5/c1-5-8-21-12(6-7-18-21)14-19-11(9-10(2)3)13(16)15(17-4)20-14/h6-7,10H,5,8-9H2,1-4H3,(H,17,19,20). The van der Waals surface area contributed by atoms with Crippen molar-refractivity contribution in [2.75, 3.05) is 12.4 Å². The van der Waals surface area contributed by atoms with Crippen molar-refractivity contribution < 1.29 is 0 Å². The molecule has 0 atom stereocenters. The fraction of sp³-hybridized carbons (Fsp3) is 0.533. The number of halogens is 1. The second-order valence-electron chi connectivity index (χ2n) is 5.44. The van der Waals surface area contributed by atoms with E-state index in [2.05, 4.69) is 58.8 Å². The maximum Gasteiger partial charge on any atom is 0.180 e. The summed E-state index contributed by atoms with van der Waals surface area (Å²) in [6, 6.07) is 1.98. The minimum Gasteiger partial charge on any atom is -0.372 e. The summed E-state index contributed by atoms with van der Waals surface area (Å²) in [5.41, 5.74) is 2.08. The minimum atomic E-state index is 0.562. The highest BCUT2D eigenvalue weighted by molar-refractivity contribution is 14.1. The van der Waals surface area contributed by atoms with Crippen molar-refractivity contribution in [3.05, 3.63) is 21.5 Å². The van der Waals surface area contributed by atoms with E-state index in [1.54, 1.807) is 0 Å². The fourth-order valence-electron chi connectivity index (χ4n) is 2.21. The molecule has 0 radical (unpaired) electrons. The smallest absolute Gasteiger partial charge is 0.180 e. The fourth-order valence-corrected chi connectivity index (χ4v) is 2.94. The molecule has 0 fully saturated rings. The molecule has 0 saturated carbocycles. The van der Waals surface area contributed by atoms with Crippen LogP contribution in [0, 0.1) is 9.49 Å². The van der Waals surface area contributed by atoms with Gasteiger partial charge in [-0.15, -0.1) is 0 Å². The first kappa shape index (κ1) is 16.2. The molecule has 0 aliphatic heterocycles. The molecule has 114 valence electrons. The molecule has 5 nitrogen and oxygen atoms in total. The Morgan fingerprint density at radius 1 is 1.33 bits per heavy atom. The van der Waals surface area contributed by atoms with Crippen molar-refractivity contribution >= 4 is 28.4 Å². The molecule has 2 heterocycles. The van der Waals surface area contributed by atoms with Gasteiger partial charge < -0.3 is 5.32 Å². The molecule has 2 rings (SSSR count). The lowest BCUT2D eigenvalue weighted by Gasteiger charge is -2.13. The number of aryl methyl sites for hydroxylation is 1. The van der Waals surface area contributed by atoms with E-state index >= 15 is 0 Å². The van der Waals surface area contributed by atoms with E-state index < -0.39 is 0 Å². The van der Waals surface area contributed by atoms with Crippen molar-refractivity contribution in [3.63, 3.8) is 0 Å². The molecule has 0 aromatic carbocycles. The van der Waals surface area contributed by atoms with Gasteiger partial charge in [0, 0.05) is 19.8 Å². The molecule has 0 spiro atoms. The Morgan fingerprint density at radius 2 is 2.10 bits per heavy atom. The van der Waals surface area contributed by atoms with Gasteiger partial charge in [-0.3, -0.25) is 4.68 Å². The Labute approximate surface area is 139 Å². The third-order valence-electron chi connectivity index (χ3n) is 3.14. The van der Waals surface area contributed by atoms with Gasteiger partial charge in [-0.1, -0.05) is 20.8 Å². The van der Waals surface area contributed by atoms with Gasteiger partial charge >= 0.3 is 0 Å². The summed E-state index contributed by atoms with van der Waals surface area (Å²) in [6.45, 7) is 7.44. The zero-order valence-corrected chi connectivity index (χ0v) is 15.2. The van der Waals surface area contributed by atoms with Gasteiger partial charge in [-0.05, 0) is 47.4 Å². The summed E-state index contributed by atoms with van der Waals surface area (Å²) >= 11 is 2.32. The first-order valence-corrected chi connectivity index (χ1v) is 8.41. The highest BCUT2D eigenvalue weighted by Crippen LogP contribution is 2.25. The van der Waals surface area contributed by atoms with Crippen molar-refractivity contribution in [1.29, 1.82) is 0 Å². The first-order valence-electron chi connectivity index (χ1n) is 7.33. The Hall–Kier alpha value is -1.18. The quantitative estimate of drug-likeness (QED) is 0.755. The van der Waals surface area contributed by atoms with Gasteiger partial charge in [0.2, 0.25) is 0 Å².